The molecule has 8 nitrogen and oxygen atoms in total. The van der Waals surface area contributed by atoms with Crippen LogP contribution >= 0.6 is 11.8 Å². The van der Waals surface area contributed by atoms with Gasteiger partial charge in [-0.3, -0.25) is 10.1 Å². The van der Waals surface area contributed by atoms with Crippen molar-refractivity contribution >= 4 is 23.3 Å². The molecule has 0 fully saturated rings. The Morgan fingerprint density at radius 1 is 1.50 bits per heavy atom. The highest BCUT2D eigenvalue weighted by Crippen LogP contribution is 2.28. The number of rotatable bonds is 6. The smallest absolute Gasteiger partial charge is 0.275 e. The Morgan fingerprint density at radius 2 is 2.30 bits per heavy atom. The first-order valence-electron chi connectivity index (χ1n) is 6.02. The Morgan fingerprint density at radius 3 is 2.90 bits per heavy atom. The van der Waals surface area contributed by atoms with Gasteiger partial charge in [0, 0.05) is 19.7 Å². The van der Waals surface area contributed by atoms with Crippen molar-refractivity contribution in [3.05, 3.63) is 28.6 Å². The molecule has 9 heteroatoms. The molecule has 0 amide bonds. The molecular weight excluding hydrogens is 280 g/mol. The Balaban J connectivity index is 2.29. The molecule has 0 saturated carbocycles. The number of hydrogen-bond donors (Lipinski definition) is 1. The molecule has 1 N–H and O–H groups in total. The summed E-state index contributed by atoms with van der Waals surface area (Å²) in [4.78, 5) is 18.9. The lowest BCUT2D eigenvalue weighted by atomic mass is 10.4. The van der Waals surface area contributed by atoms with Gasteiger partial charge in [-0.25, -0.2) is 14.6 Å². The van der Waals surface area contributed by atoms with E-state index < -0.39 is 4.92 Å². The molecular formula is C11H14N6O2S. The standard InChI is InChI=1S/C11H14N6O2S/c1-3-4-12-9-5-8(17(18)19)6-10(15-9)20-11-13-7-14-16(11)2/h5-7H,3-4H2,1-2H3,(H,12,15). The second kappa shape index (κ2) is 6.33. The fourth-order valence-electron chi connectivity index (χ4n) is 1.46. The molecule has 2 rings (SSSR count). The molecule has 0 unspecified atom stereocenters. The van der Waals surface area contributed by atoms with Crippen molar-refractivity contribution in [2.24, 2.45) is 7.05 Å². The molecule has 0 radical (unpaired) electrons. The van der Waals surface area contributed by atoms with Gasteiger partial charge in [-0.2, -0.15) is 5.10 Å². The Hall–Kier alpha value is -2.16. The zero-order valence-corrected chi connectivity index (χ0v) is 11.9. The van der Waals surface area contributed by atoms with E-state index in [-0.39, 0.29) is 5.69 Å². The van der Waals surface area contributed by atoms with Gasteiger partial charge in [0.05, 0.1) is 11.0 Å². The van der Waals surface area contributed by atoms with Crippen LogP contribution in [0.1, 0.15) is 13.3 Å². The largest absolute Gasteiger partial charge is 0.370 e. The normalized spacial score (nSPS) is 10.5. The third-order valence-corrected chi connectivity index (χ3v) is 3.39. The zero-order chi connectivity index (χ0) is 14.5. The molecule has 106 valence electrons. The van der Waals surface area contributed by atoms with E-state index in [2.05, 4.69) is 20.4 Å². The number of aromatic nitrogens is 4. The molecule has 0 atom stereocenters. The molecule has 0 aliphatic carbocycles. The van der Waals surface area contributed by atoms with Crippen molar-refractivity contribution in [2.45, 2.75) is 23.5 Å². The molecule has 0 aliphatic rings. The molecule has 0 aliphatic heterocycles. The molecule has 2 aromatic heterocycles. The first-order chi connectivity index (χ1) is 9.60. The van der Waals surface area contributed by atoms with Crippen molar-refractivity contribution in [3.63, 3.8) is 0 Å². The average molecular weight is 294 g/mol. The van der Waals surface area contributed by atoms with Gasteiger partial charge >= 0.3 is 0 Å². The predicted molar refractivity (Wildman–Crippen MR) is 74.8 cm³/mol. The van der Waals surface area contributed by atoms with Crippen LogP contribution in [0.3, 0.4) is 0 Å². The van der Waals surface area contributed by atoms with E-state index in [0.29, 0.717) is 22.5 Å². The van der Waals surface area contributed by atoms with Crippen LogP contribution in [0.5, 0.6) is 0 Å². The lowest BCUT2D eigenvalue weighted by Gasteiger charge is -2.06. The number of pyridine rings is 1. The van der Waals surface area contributed by atoms with Gasteiger partial charge in [-0.1, -0.05) is 6.92 Å². The van der Waals surface area contributed by atoms with Crippen LogP contribution in [0.4, 0.5) is 11.5 Å². The Kier molecular flexibility index (Phi) is 4.51. The highest BCUT2D eigenvalue weighted by molar-refractivity contribution is 7.99. The van der Waals surface area contributed by atoms with E-state index in [1.807, 2.05) is 6.92 Å². The van der Waals surface area contributed by atoms with Crippen LogP contribution in [-0.4, -0.2) is 31.2 Å². The summed E-state index contributed by atoms with van der Waals surface area (Å²) >= 11 is 1.23. The molecule has 0 saturated heterocycles. The van der Waals surface area contributed by atoms with Crippen molar-refractivity contribution in [1.82, 2.24) is 19.7 Å². The van der Waals surface area contributed by atoms with E-state index in [0.717, 1.165) is 6.42 Å². The quantitative estimate of drug-likeness (QED) is 0.643. The van der Waals surface area contributed by atoms with Gasteiger partial charge in [-0.15, -0.1) is 0 Å². The van der Waals surface area contributed by atoms with Crippen LogP contribution < -0.4 is 5.32 Å². The fourth-order valence-corrected chi connectivity index (χ4v) is 2.25. The molecule has 0 aromatic carbocycles. The van der Waals surface area contributed by atoms with Crippen LogP contribution in [0.25, 0.3) is 0 Å². The zero-order valence-electron chi connectivity index (χ0n) is 11.1. The molecule has 20 heavy (non-hydrogen) atoms. The summed E-state index contributed by atoms with van der Waals surface area (Å²) in [5, 5.41) is 19.1. The summed E-state index contributed by atoms with van der Waals surface area (Å²) in [6.45, 7) is 2.72. The van der Waals surface area contributed by atoms with E-state index >= 15 is 0 Å². The Labute approximate surface area is 119 Å². The summed E-state index contributed by atoms with van der Waals surface area (Å²) in [7, 11) is 1.75. The predicted octanol–water partition coefficient (Wildman–Crippen LogP) is 2.09. The number of nitro groups is 1. The number of hydrogen-bond acceptors (Lipinski definition) is 7. The molecule has 0 bridgehead atoms. The molecule has 2 aromatic rings. The first kappa shape index (κ1) is 14.3. The van der Waals surface area contributed by atoms with Crippen molar-refractivity contribution in [2.75, 3.05) is 11.9 Å². The van der Waals surface area contributed by atoms with Gasteiger partial charge < -0.3 is 5.32 Å². The van der Waals surface area contributed by atoms with E-state index in [1.165, 1.54) is 30.2 Å². The second-order valence-electron chi connectivity index (χ2n) is 4.00. The molecule has 2 heterocycles. The van der Waals surface area contributed by atoms with Crippen LogP contribution in [-0.2, 0) is 7.05 Å². The number of nitrogens with zero attached hydrogens (tertiary/aromatic N) is 5. The van der Waals surface area contributed by atoms with E-state index in [9.17, 15) is 10.1 Å². The lowest BCUT2D eigenvalue weighted by molar-refractivity contribution is -0.385. The van der Waals surface area contributed by atoms with Crippen LogP contribution in [0.2, 0.25) is 0 Å². The number of anilines is 1. The Bertz CT molecular complexity index is 615. The topological polar surface area (TPSA) is 98.8 Å². The number of aryl methyl sites for hydroxylation is 1. The monoisotopic (exact) mass is 294 g/mol. The van der Waals surface area contributed by atoms with Crippen molar-refractivity contribution in [3.8, 4) is 0 Å². The SMILES string of the molecule is CCCNc1cc([N+](=O)[O-])cc(Sc2ncnn2C)n1. The minimum Gasteiger partial charge on any atom is -0.370 e. The summed E-state index contributed by atoms with van der Waals surface area (Å²) in [6, 6.07) is 2.85. The van der Waals surface area contributed by atoms with Crippen LogP contribution in [0, 0.1) is 10.1 Å². The average Bonchev–Trinajstić information content (AvgIpc) is 2.81. The van der Waals surface area contributed by atoms with E-state index in [1.54, 1.807) is 11.7 Å². The first-order valence-corrected chi connectivity index (χ1v) is 6.84. The van der Waals surface area contributed by atoms with Gasteiger partial charge in [0.25, 0.3) is 5.69 Å². The highest BCUT2D eigenvalue weighted by Gasteiger charge is 2.13. The van der Waals surface area contributed by atoms with Crippen molar-refractivity contribution in [1.29, 1.82) is 0 Å². The van der Waals surface area contributed by atoms with Gasteiger partial charge in [0.1, 0.15) is 17.2 Å². The maximum absolute atomic E-state index is 11.0. The minimum atomic E-state index is -0.431. The van der Waals surface area contributed by atoms with E-state index in [4.69, 9.17) is 0 Å². The summed E-state index contributed by atoms with van der Waals surface area (Å²) in [6.07, 6.45) is 2.34. The van der Waals surface area contributed by atoms with Gasteiger partial charge in [0.15, 0.2) is 5.16 Å². The summed E-state index contributed by atoms with van der Waals surface area (Å²) in [5.41, 5.74) is 0.00303. The molecule has 0 spiro atoms. The summed E-state index contributed by atoms with van der Waals surface area (Å²) in [5.74, 6) is 0.491. The fraction of sp³-hybridized carbons (Fsp3) is 0.364. The maximum atomic E-state index is 11.0. The minimum absolute atomic E-state index is 0.00303. The highest BCUT2D eigenvalue weighted by atomic mass is 32.2. The third-order valence-electron chi connectivity index (χ3n) is 2.42. The van der Waals surface area contributed by atoms with Gasteiger partial charge in [0.2, 0.25) is 0 Å². The number of nitrogens with one attached hydrogen (secondary N) is 1. The second-order valence-corrected chi connectivity index (χ2v) is 4.99. The van der Waals surface area contributed by atoms with Crippen molar-refractivity contribution < 1.29 is 4.92 Å². The van der Waals surface area contributed by atoms with Crippen LogP contribution in [0.15, 0.2) is 28.6 Å². The summed E-state index contributed by atoms with van der Waals surface area (Å²) < 4.78 is 1.59. The third kappa shape index (κ3) is 3.44. The van der Waals surface area contributed by atoms with Gasteiger partial charge in [-0.05, 0) is 18.2 Å². The lowest BCUT2D eigenvalue weighted by Crippen LogP contribution is -2.03. The maximum Gasteiger partial charge on any atom is 0.275 e.